The molecule has 0 aromatic heterocycles. The third-order valence-electron chi connectivity index (χ3n) is 2.95. The van der Waals surface area contributed by atoms with Crippen molar-refractivity contribution in [1.29, 1.82) is 0 Å². The third-order valence-corrected chi connectivity index (χ3v) is 2.95. The van der Waals surface area contributed by atoms with Crippen LogP contribution in [0.5, 0.6) is 5.75 Å². The van der Waals surface area contributed by atoms with E-state index in [2.05, 4.69) is 0 Å². The Kier molecular flexibility index (Phi) is 3.61. The number of likely N-dealkylation sites (tertiary alicyclic amines) is 1. The molecule has 2 rings (SSSR count). The van der Waals surface area contributed by atoms with E-state index in [9.17, 15) is 9.18 Å². The first-order chi connectivity index (χ1) is 8.16. The lowest BCUT2D eigenvalue weighted by molar-refractivity contribution is 0.142. The Bertz CT molecular complexity index is 414. The summed E-state index contributed by atoms with van der Waals surface area (Å²) in [7, 11) is 0. The normalized spacial score (nSPS) is 15.8. The molecule has 1 aromatic carbocycles. The van der Waals surface area contributed by atoms with Gasteiger partial charge in [-0.1, -0.05) is 0 Å². The van der Waals surface area contributed by atoms with Crippen molar-refractivity contribution in [1.82, 2.24) is 4.90 Å². The van der Waals surface area contributed by atoms with Gasteiger partial charge in [0.25, 0.3) is 0 Å². The van der Waals surface area contributed by atoms with Crippen LogP contribution in [-0.4, -0.2) is 24.1 Å². The third kappa shape index (κ3) is 2.96. The van der Waals surface area contributed by atoms with E-state index >= 15 is 0 Å². The minimum absolute atomic E-state index is 0.289. The molecule has 0 bridgehead atoms. The van der Waals surface area contributed by atoms with E-state index in [4.69, 9.17) is 4.74 Å². The molecule has 1 saturated heterocycles. The molecule has 0 atom stereocenters. The zero-order chi connectivity index (χ0) is 12.3. The lowest BCUT2D eigenvalue weighted by Gasteiger charge is -2.25. The first kappa shape index (κ1) is 11.9. The molecule has 0 aliphatic carbocycles. The highest BCUT2D eigenvalue weighted by molar-refractivity contribution is 5.70. The Morgan fingerprint density at radius 2 is 2.00 bits per heavy atom. The first-order valence-corrected chi connectivity index (χ1v) is 5.90. The molecule has 3 nitrogen and oxygen atoms in total. The first-order valence-electron chi connectivity index (χ1n) is 5.90. The number of carbonyl (C=O) groups excluding carboxylic acids is 1. The van der Waals surface area contributed by atoms with Gasteiger partial charge in [-0.05, 0) is 49.9 Å². The van der Waals surface area contributed by atoms with Crippen LogP contribution in [0.1, 0.15) is 24.8 Å². The topological polar surface area (TPSA) is 29.5 Å². The fourth-order valence-corrected chi connectivity index (χ4v) is 1.92. The van der Waals surface area contributed by atoms with E-state index in [1.165, 1.54) is 24.6 Å². The molecule has 0 spiro atoms. The van der Waals surface area contributed by atoms with Crippen molar-refractivity contribution in [2.24, 2.45) is 0 Å². The van der Waals surface area contributed by atoms with Crippen LogP contribution < -0.4 is 4.74 Å². The van der Waals surface area contributed by atoms with Gasteiger partial charge in [0.05, 0.1) is 0 Å². The zero-order valence-electron chi connectivity index (χ0n) is 9.91. The Hall–Kier alpha value is -1.58. The van der Waals surface area contributed by atoms with Gasteiger partial charge in [0.15, 0.2) is 0 Å². The SMILES string of the molecule is Cc1cc(OC(=O)N2CCCCC2)ccc1F. The van der Waals surface area contributed by atoms with Gasteiger partial charge >= 0.3 is 6.09 Å². The van der Waals surface area contributed by atoms with Crippen molar-refractivity contribution in [2.45, 2.75) is 26.2 Å². The molecule has 92 valence electrons. The lowest BCUT2D eigenvalue weighted by atomic mass is 10.1. The van der Waals surface area contributed by atoms with Crippen molar-refractivity contribution in [3.05, 3.63) is 29.6 Å². The molecule has 1 amide bonds. The lowest BCUT2D eigenvalue weighted by Crippen LogP contribution is -2.37. The summed E-state index contributed by atoms with van der Waals surface area (Å²) in [5.41, 5.74) is 0.481. The molecule has 1 aliphatic rings. The average molecular weight is 237 g/mol. The van der Waals surface area contributed by atoms with Crippen LogP contribution in [0.4, 0.5) is 9.18 Å². The molecule has 1 aromatic rings. The van der Waals surface area contributed by atoms with E-state index in [0.717, 1.165) is 25.9 Å². The summed E-state index contributed by atoms with van der Waals surface area (Å²) in [6.45, 7) is 3.14. The molecule has 1 fully saturated rings. The quantitative estimate of drug-likeness (QED) is 0.751. The highest BCUT2D eigenvalue weighted by Gasteiger charge is 2.18. The molecule has 1 heterocycles. The van der Waals surface area contributed by atoms with Gasteiger partial charge in [0.1, 0.15) is 11.6 Å². The summed E-state index contributed by atoms with van der Waals surface area (Å²) < 4.78 is 18.2. The largest absolute Gasteiger partial charge is 0.415 e. The van der Waals surface area contributed by atoms with Crippen molar-refractivity contribution in [3.63, 3.8) is 0 Å². The van der Waals surface area contributed by atoms with Crippen molar-refractivity contribution in [2.75, 3.05) is 13.1 Å². The number of rotatable bonds is 1. The van der Waals surface area contributed by atoms with Crippen LogP contribution >= 0.6 is 0 Å². The standard InChI is InChI=1S/C13H16FNO2/c1-10-9-11(5-6-12(10)14)17-13(16)15-7-3-2-4-8-15/h5-6,9H,2-4,7-8H2,1H3. The summed E-state index contributed by atoms with van der Waals surface area (Å²) in [5.74, 6) is 0.113. The fourth-order valence-electron chi connectivity index (χ4n) is 1.92. The van der Waals surface area contributed by atoms with Crippen LogP contribution in [-0.2, 0) is 0 Å². The molecule has 0 saturated carbocycles. The van der Waals surface area contributed by atoms with Crippen molar-refractivity contribution in [3.8, 4) is 5.75 Å². The predicted molar refractivity (Wildman–Crippen MR) is 62.6 cm³/mol. The van der Waals surface area contributed by atoms with Crippen LogP contribution in [0.3, 0.4) is 0 Å². The number of halogens is 1. The minimum Gasteiger partial charge on any atom is -0.410 e. The number of amides is 1. The van der Waals surface area contributed by atoms with Gasteiger partial charge < -0.3 is 9.64 Å². The van der Waals surface area contributed by atoms with Crippen LogP contribution in [0, 0.1) is 12.7 Å². The maximum atomic E-state index is 13.0. The number of nitrogens with zero attached hydrogens (tertiary/aromatic N) is 1. The predicted octanol–water partition coefficient (Wildman–Crippen LogP) is 3.12. The molecule has 0 radical (unpaired) electrons. The second-order valence-electron chi connectivity index (χ2n) is 4.33. The van der Waals surface area contributed by atoms with Crippen LogP contribution in [0.15, 0.2) is 18.2 Å². The van der Waals surface area contributed by atoms with Crippen molar-refractivity contribution >= 4 is 6.09 Å². The van der Waals surface area contributed by atoms with Crippen LogP contribution in [0.25, 0.3) is 0 Å². The Balaban J connectivity index is 1.99. The van der Waals surface area contributed by atoms with Gasteiger partial charge in [-0.25, -0.2) is 9.18 Å². The van der Waals surface area contributed by atoms with Gasteiger partial charge in [-0.2, -0.15) is 0 Å². The molecule has 1 aliphatic heterocycles. The van der Waals surface area contributed by atoms with Crippen molar-refractivity contribution < 1.29 is 13.9 Å². The smallest absolute Gasteiger partial charge is 0.410 e. The number of carbonyl (C=O) groups is 1. The maximum absolute atomic E-state index is 13.0. The minimum atomic E-state index is -0.337. The Morgan fingerprint density at radius 1 is 1.29 bits per heavy atom. The van der Waals surface area contributed by atoms with E-state index < -0.39 is 0 Å². The second-order valence-corrected chi connectivity index (χ2v) is 4.33. The molecule has 4 heteroatoms. The summed E-state index contributed by atoms with van der Waals surface area (Å²) in [6, 6.07) is 4.33. The second kappa shape index (κ2) is 5.17. The highest BCUT2D eigenvalue weighted by atomic mass is 19.1. The summed E-state index contributed by atoms with van der Waals surface area (Å²) >= 11 is 0. The molecule has 0 N–H and O–H groups in total. The number of hydrogen-bond acceptors (Lipinski definition) is 2. The monoisotopic (exact) mass is 237 g/mol. The molecule has 17 heavy (non-hydrogen) atoms. The van der Waals surface area contributed by atoms with Gasteiger partial charge in [-0.3, -0.25) is 0 Å². The number of benzene rings is 1. The fraction of sp³-hybridized carbons (Fsp3) is 0.462. The highest BCUT2D eigenvalue weighted by Crippen LogP contribution is 2.18. The summed E-state index contributed by atoms with van der Waals surface area (Å²) in [5, 5.41) is 0. The zero-order valence-corrected chi connectivity index (χ0v) is 9.91. The van der Waals surface area contributed by atoms with E-state index in [1.807, 2.05) is 0 Å². The number of hydrogen-bond donors (Lipinski definition) is 0. The Labute approximate surface area is 100 Å². The summed E-state index contributed by atoms with van der Waals surface area (Å²) in [6.07, 6.45) is 2.88. The average Bonchev–Trinajstić information content (AvgIpc) is 2.35. The van der Waals surface area contributed by atoms with E-state index in [0.29, 0.717) is 11.3 Å². The number of aryl methyl sites for hydroxylation is 1. The molecular weight excluding hydrogens is 221 g/mol. The Morgan fingerprint density at radius 3 is 2.65 bits per heavy atom. The molecule has 0 unspecified atom stereocenters. The maximum Gasteiger partial charge on any atom is 0.415 e. The van der Waals surface area contributed by atoms with Gasteiger partial charge in [0.2, 0.25) is 0 Å². The molecular formula is C13H16FNO2. The van der Waals surface area contributed by atoms with Gasteiger partial charge in [-0.15, -0.1) is 0 Å². The van der Waals surface area contributed by atoms with Crippen LogP contribution in [0.2, 0.25) is 0 Å². The summed E-state index contributed by atoms with van der Waals surface area (Å²) in [4.78, 5) is 13.5. The number of piperidine rings is 1. The van der Waals surface area contributed by atoms with Gasteiger partial charge in [0, 0.05) is 13.1 Å². The number of ether oxygens (including phenoxy) is 1. The van der Waals surface area contributed by atoms with E-state index in [1.54, 1.807) is 11.8 Å². The van der Waals surface area contributed by atoms with E-state index in [-0.39, 0.29) is 11.9 Å².